The van der Waals surface area contributed by atoms with Crippen molar-refractivity contribution in [2.75, 3.05) is 0 Å². The average molecular weight is 302 g/mol. The number of hydrogen-bond donors (Lipinski definition) is 1. The molecule has 0 fully saturated rings. The molecule has 0 bridgehead atoms. The minimum Gasteiger partial charge on any atom is -0.507 e. The van der Waals surface area contributed by atoms with Crippen LogP contribution in [0.15, 0.2) is 66.7 Å². The van der Waals surface area contributed by atoms with Crippen molar-refractivity contribution < 1.29 is 5.11 Å². The van der Waals surface area contributed by atoms with Gasteiger partial charge >= 0.3 is 0 Å². The number of rotatable bonds is 4. The fraction of sp³-hybridized carbons (Fsp3) is 0.182. The Labute approximate surface area is 138 Å². The van der Waals surface area contributed by atoms with Crippen molar-refractivity contribution in [1.29, 1.82) is 0 Å². The molecule has 0 saturated heterocycles. The number of phenols is 1. The fourth-order valence-corrected chi connectivity index (χ4v) is 2.78. The predicted molar refractivity (Wildman–Crippen MR) is 96.1 cm³/mol. The molecule has 0 saturated carbocycles. The second-order valence-corrected chi connectivity index (χ2v) is 6.25. The van der Waals surface area contributed by atoms with E-state index >= 15 is 0 Å². The number of phenolic OH excluding ortho intramolecular Hbond substituents is 1. The summed E-state index contributed by atoms with van der Waals surface area (Å²) in [5.41, 5.74) is 6.92. The third kappa shape index (κ3) is 3.81. The molecular weight excluding hydrogens is 280 g/mol. The predicted octanol–water partition coefficient (Wildman–Crippen LogP) is 5.19. The quantitative estimate of drug-likeness (QED) is 0.703. The third-order valence-corrected chi connectivity index (χ3v) is 4.23. The first kappa shape index (κ1) is 15.4. The van der Waals surface area contributed by atoms with E-state index in [1.54, 1.807) is 0 Å². The van der Waals surface area contributed by atoms with E-state index in [1.807, 2.05) is 18.2 Å². The van der Waals surface area contributed by atoms with Gasteiger partial charge in [0.05, 0.1) is 0 Å². The molecule has 116 valence electrons. The molecular formula is C22H22O. The summed E-state index contributed by atoms with van der Waals surface area (Å²) in [7, 11) is 0. The highest BCUT2D eigenvalue weighted by Crippen LogP contribution is 2.27. The SMILES string of the molecule is Cc1ccc(Cc2cccc(Cc3ccc(C)cc3)c2O)cc1. The summed E-state index contributed by atoms with van der Waals surface area (Å²) in [6.45, 7) is 4.17. The van der Waals surface area contributed by atoms with Gasteiger partial charge in [0.25, 0.3) is 0 Å². The van der Waals surface area contributed by atoms with Crippen molar-refractivity contribution in [2.24, 2.45) is 0 Å². The topological polar surface area (TPSA) is 20.2 Å². The molecule has 3 rings (SSSR count). The number of para-hydroxylation sites is 1. The summed E-state index contributed by atoms with van der Waals surface area (Å²) in [6, 6.07) is 23.0. The van der Waals surface area contributed by atoms with E-state index in [0.29, 0.717) is 5.75 Å². The molecule has 0 aliphatic heterocycles. The first-order valence-electron chi connectivity index (χ1n) is 8.02. The Kier molecular flexibility index (Phi) is 4.47. The first-order valence-corrected chi connectivity index (χ1v) is 8.02. The molecule has 0 amide bonds. The van der Waals surface area contributed by atoms with Crippen LogP contribution in [0.25, 0.3) is 0 Å². The lowest BCUT2D eigenvalue weighted by Gasteiger charge is -2.11. The highest BCUT2D eigenvalue weighted by molar-refractivity contribution is 5.45. The van der Waals surface area contributed by atoms with Gasteiger partial charge in [-0.2, -0.15) is 0 Å². The fourth-order valence-electron chi connectivity index (χ4n) is 2.78. The van der Waals surface area contributed by atoms with Crippen LogP contribution in [0.4, 0.5) is 0 Å². The number of aryl methyl sites for hydroxylation is 2. The highest BCUT2D eigenvalue weighted by atomic mass is 16.3. The van der Waals surface area contributed by atoms with Gasteiger partial charge in [-0.15, -0.1) is 0 Å². The molecule has 3 aromatic rings. The second kappa shape index (κ2) is 6.70. The van der Waals surface area contributed by atoms with Gasteiger partial charge in [0.2, 0.25) is 0 Å². The molecule has 1 N–H and O–H groups in total. The van der Waals surface area contributed by atoms with Gasteiger partial charge in [-0.3, -0.25) is 0 Å². The van der Waals surface area contributed by atoms with Crippen molar-refractivity contribution in [1.82, 2.24) is 0 Å². The summed E-state index contributed by atoms with van der Waals surface area (Å²) < 4.78 is 0. The maximum atomic E-state index is 10.6. The molecule has 0 aliphatic rings. The first-order chi connectivity index (χ1) is 11.1. The number of benzene rings is 3. The minimum absolute atomic E-state index is 0.425. The molecule has 0 aliphatic carbocycles. The number of aromatic hydroxyl groups is 1. The summed E-state index contributed by atoms with van der Waals surface area (Å²) >= 11 is 0. The molecule has 3 aromatic carbocycles. The Morgan fingerprint density at radius 2 is 1.00 bits per heavy atom. The Balaban J connectivity index is 1.83. The van der Waals surface area contributed by atoms with Gasteiger partial charge in [-0.25, -0.2) is 0 Å². The molecule has 0 heterocycles. The monoisotopic (exact) mass is 302 g/mol. The lowest BCUT2D eigenvalue weighted by atomic mass is 9.97. The largest absolute Gasteiger partial charge is 0.507 e. The van der Waals surface area contributed by atoms with Crippen LogP contribution in [-0.4, -0.2) is 5.11 Å². The van der Waals surface area contributed by atoms with E-state index in [1.165, 1.54) is 22.3 Å². The minimum atomic E-state index is 0.425. The van der Waals surface area contributed by atoms with E-state index < -0.39 is 0 Å². The molecule has 0 unspecified atom stereocenters. The molecule has 0 spiro atoms. The van der Waals surface area contributed by atoms with Crippen molar-refractivity contribution in [3.63, 3.8) is 0 Å². The Morgan fingerprint density at radius 3 is 1.39 bits per heavy atom. The van der Waals surface area contributed by atoms with Crippen LogP contribution in [0.5, 0.6) is 5.75 Å². The summed E-state index contributed by atoms with van der Waals surface area (Å²) in [5.74, 6) is 0.425. The zero-order valence-corrected chi connectivity index (χ0v) is 13.7. The van der Waals surface area contributed by atoms with Gasteiger partial charge in [-0.05, 0) is 36.1 Å². The van der Waals surface area contributed by atoms with E-state index in [4.69, 9.17) is 0 Å². The van der Waals surface area contributed by atoms with Gasteiger partial charge in [0.15, 0.2) is 0 Å². The smallest absolute Gasteiger partial charge is 0.122 e. The summed E-state index contributed by atoms with van der Waals surface area (Å²) in [5, 5.41) is 10.6. The van der Waals surface area contributed by atoms with Crippen LogP contribution >= 0.6 is 0 Å². The maximum absolute atomic E-state index is 10.6. The van der Waals surface area contributed by atoms with Crippen LogP contribution in [-0.2, 0) is 12.8 Å². The van der Waals surface area contributed by atoms with Crippen molar-refractivity contribution in [3.05, 3.63) is 100 Å². The highest BCUT2D eigenvalue weighted by Gasteiger charge is 2.08. The number of hydrogen-bond acceptors (Lipinski definition) is 1. The zero-order valence-electron chi connectivity index (χ0n) is 13.7. The van der Waals surface area contributed by atoms with Crippen LogP contribution in [0.2, 0.25) is 0 Å². The molecule has 23 heavy (non-hydrogen) atoms. The van der Waals surface area contributed by atoms with Gasteiger partial charge < -0.3 is 5.11 Å². The summed E-state index contributed by atoms with van der Waals surface area (Å²) in [4.78, 5) is 0. The molecule has 0 radical (unpaired) electrons. The lowest BCUT2D eigenvalue weighted by molar-refractivity contribution is 0.463. The Hall–Kier alpha value is -2.54. The van der Waals surface area contributed by atoms with Gasteiger partial charge in [-0.1, -0.05) is 77.9 Å². The van der Waals surface area contributed by atoms with Crippen molar-refractivity contribution >= 4 is 0 Å². The second-order valence-electron chi connectivity index (χ2n) is 6.25. The van der Waals surface area contributed by atoms with Gasteiger partial charge in [0.1, 0.15) is 5.75 Å². The lowest BCUT2D eigenvalue weighted by Crippen LogP contribution is -1.94. The Bertz CT molecular complexity index is 717. The molecule has 0 aromatic heterocycles. The van der Waals surface area contributed by atoms with E-state index in [9.17, 15) is 5.11 Å². The molecule has 0 atom stereocenters. The van der Waals surface area contributed by atoms with Crippen molar-refractivity contribution in [3.8, 4) is 5.75 Å². The molecule has 1 heteroatoms. The van der Waals surface area contributed by atoms with Crippen LogP contribution in [0.1, 0.15) is 33.4 Å². The van der Waals surface area contributed by atoms with Gasteiger partial charge in [0, 0.05) is 12.8 Å². The zero-order chi connectivity index (χ0) is 16.2. The summed E-state index contributed by atoms with van der Waals surface area (Å²) in [6.07, 6.45) is 1.52. The molecule has 1 nitrogen and oxygen atoms in total. The van der Waals surface area contributed by atoms with E-state index in [-0.39, 0.29) is 0 Å². The average Bonchev–Trinajstić information content (AvgIpc) is 2.55. The standard InChI is InChI=1S/C22H22O/c1-16-6-10-18(11-7-16)14-20-4-3-5-21(22(20)23)15-19-12-8-17(2)9-13-19/h3-13,23H,14-15H2,1-2H3. The van der Waals surface area contributed by atoms with Crippen LogP contribution in [0.3, 0.4) is 0 Å². The van der Waals surface area contributed by atoms with Crippen molar-refractivity contribution in [2.45, 2.75) is 26.7 Å². The van der Waals surface area contributed by atoms with Crippen LogP contribution in [0, 0.1) is 13.8 Å². The Morgan fingerprint density at radius 1 is 0.609 bits per heavy atom. The van der Waals surface area contributed by atoms with Crippen LogP contribution < -0.4 is 0 Å². The van der Waals surface area contributed by atoms with E-state index in [2.05, 4.69) is 62.4 Å². The normalized spacial score (nSPS) is 10.7. The third-order valence-electron chi connectivity index (χ3n) is 4.23. The van der Waals surface area contributed by atoms with E-state index in [0.717, 1.165) is 24.0 Å². The maximum Gasteiger partial charge on any atom is 0.122 e.